The monoisotopic (exact) mass is 383 g/mol. The molecule has 0 saturated heterocycles. The first-order valence-corrected chi connectivity index (χ1v) is 9.65. The quantitative estimate of drug-likeness (QED) is 0.714. The Hall–Kier alpha value is -3.60. The summed E-state index contributed by atoms with van der Waals surface area (Å²) in [5.41, 5.74) is 10.9. The van der Waals surface area contributed by atoms with Crippen LogP contribution in [0.4, 0.5) is 0 Å². The minimum Gasteiger partial charge on any atom is -0.497 e. The van der Waals surface area contributed by atoms with E-state index in [1.54, 1.807) is 7.11 Å². The van der Waals surface area contributed by atoms with Crippen LogP contribution in [0.2, 0.25) is 0 Å². The fraction of sp³-hybridized carbons (Fsp3) is 0.167. The van der Waals surface area contributed by atoms with Crippen LogP contribution in [0.1, 0.15) is 22.3 Å². The Morgan fingerprint density at radius 1 is 0.931 bits per heavy atom. The van der Waals surface area contributed by atoms with E-state index in [1.165, 1.54) is 0 Å². The summed E-state index contributed by atoms with van der Waals surface area (Å²) in [5.74, 6) is 0.703. The number of aliphatic imine (C=N–C) groups is 1. The number of nitrogens with zero attached hydrogens (tertiary/aromatic N) is 1. The molecule has 5 nitrogen and oxygen atoms in total. The number of hydrogen-bond donors (Lipinski definition) is 2. The molecule has 0 aromatic heterocycles. The zero-order valence-electron chi connectivity index (χ0n) is 16.1. The van der Waals surface area contributed by atoms with Gasteiger partial charge in [-0.05, 0) is 64.4 Å². The fourth-order valence-electron chi connectivity index (χ4n) is 4.44. The second-order valence-corrected chi connectivity index (χ2v) is 7.42. The SMILES string of the molecule is COc1ccc2c(c1)CCc1ccc(-c3ccccc3)cc1C21N=C(N)NC1=O. The summed E-state index contributed by atoms with van der Waals surface area (Å²) in [6.07, 6.45) is 1.61. The van der Waals surface area contributed by atoms with Gasteiger partial charge in [0.2, 0.25) is 0 Å². The van der Waals surface area contributed by atoms with Crippen molar-refractivity contribution in [3.8, 4) is 16.9 Å². The van der Waals surface area contributed by atoms with Crippen LogP contribution in [0, 0.1) is 0 Å². The molecule has 5 heteroatoms. The minimum absolute atomic E-state index is 0.148. The Morgan fingerprint density at radius 3 is 2.45 bits per heavy atom. The number of rotatable bonds is 2. The number of methoxy groups -OCH3 is 1. The Kier molecular flexibility index (Phi) is 3.91. The van der Waals surface area contributed by atoms with Gasteiger partial charge in [-0.2, -0.15) is 0 Å². The summed E-state index contributed by atoms with van der Waals surface area (Å²) in [4.78, 5) is 18.0. The number of carbonyl (C=O) groups excluding carboxylic acids is 1. The van der Waals surface area contributed by atoms with Crippen molar-refractivity contribution < 1.29 is 9.53 Å². The molecule has 0 fully saturated rings. The normalized spacial score (nSPS) is 19.8. The van der Waals surface area contributed by atoms with Gasteiger partial charge in [0.25, 0.3) is 5.91 Å². The van der Waals surface area contributed by atoms with Crippen molar-refractivity contribution in [2.75, 3.05) is 7.11 Å². The first-order valence-electron chi connectivity index (χ1n) is 9.65. The highest BCUT2D eigenvalue weighted by atomic mass is 16.5. The number of amides is 1. The average Bonchev–Trinajstić information content (AvgIpc) is 2.98. The number of carbonyl (C=O) groups is 1. The van der Waals surface area contributed by atoms with Crippen LogP contribution in [0.15, 0.2) is 71.7 Å². The Labute approximate surface area is 169 Å². The van der Waals surface area contributed by atoms with Gasteiger partial charge < -0.3 is 10.5 Å². The van der Waals surface area contributed by atoms with Crippen molar-refractivity contribution in [3.05, 3.63) is 89.0 Å². The number of guanidine groups is 1. The van der Waals surface area contributed by atoms with Gasteiger partial charge in [0.15, 0.2) is 11.5 Å². The molecular formula is C24H21N3O2. The molecule has 1 unspecified atom stereocenters. The average molecular weight is 383 g/mol. The standard InChI is InChI=1S/C24H21N3O2/c1-29-19-11-12-20-18(13-19)10-8-16-7-9-17(15-5-3-2-4-6-15)14-21(16)24(20)22(28)26-23(25)27-24/h2-7,9,11-14H,8,10H2,1H3,(H3,25,26,27,28). The van der Waals surface area contributed by atoms with E-state index in [-0.39, 0.29) is 11.9 Å². The molecule has 1 aliphatic carbocycles. The molecule has 0 bridgehead atoms. The zero-order valence-corrected chi connectivity index (χ0v) is 16.1. The van der Waals surface area contributed by atoms with E-state index in [2.05, 4.69) is 40.6 Å². The molecule has 29 heavy (non-hydrogen) atoms. The molecule has 3 aromatic rings. The van der Waals surface area contributed by atoms with Gasteiger partial charge in [-0.25, -0.2) is 4.99 Å². The van der Waals surface area contributed by atoms with Gasteiger partial charge in [-0.15, -0.1) is 0 Å². The molecule has 1 atom stereocenters. The summed E-state index contributed by atoms with van der Waals surface area (Å²) in [6, 6.07) is 22.3. The molecule has 0 radical (unpaired) electrons. The second-order valence-electron chi connectivity index (χ2n) is 7.42. The molecule has 0 saturated carbocycles. The predicted molar refractivity (Wildman–Crippen MR) is 113 cm³/mol. The van der Waals surface area contributed by atoms with Gasteiger partial charge in [-0.3, -0.25) is 10.1 Å². The van der Waals surface area contributed by atoms with E-state index >= 15 is 0 Å². The molecule has 5 rings (SSSR count). The maximum absolute atomic E-state index is 13.3. The van der Waals surface area contributed by atoms with E-state index in [0.29, 0.717) is 0 Å². The number of nitrogens with one attached hydrogen (secondary N) is 1. The maximum Gasteiger partial charge on any atom is 0.264 e. The number of fused-ring (bicyclic) bond motifs is 4. The van der Waals surface area contributed by atoms with E-state index in [9.17, 15) is 4.79 Å². The van der Waals surface area contributed by atoms with Crippen LogP contribution in [0.5, 0.6) is 5.75 Å². The molecule has 3 aromatic carbocycles. The number of benzene rings is 3. The van der Waals surface area contributed by atoms with Crippen molar-refractivity contribution in [2.45, 2.75) is 18.4 Å². The number of aryl methyl sites for hydroxylation is 2. The highest BCUT2D eigenvalue weighted by Crippen LogP contribution is 2.44. The fourth-order valence-corrected chi connectivity index (χ4v) is 4.44. The van der Waals surface area contributed by atoms with E-state index in [4.69, 9.17) is 10.5 Å². The lowest BCUT2D eigenvalue weighted by Gasteiger charge is -2.27. The molecule has 3 N–H and O–H groups in total. The Morgan fingerprint density at radius 2 is 1.72 bits per heavy atom. The lowest BCUT2D eigenvalue weighted by molar-refractivity contribution is -0.122. The molecule has 1 amide bonds. The number of nitrogens with two attached hydrogens (primary N) is 1. The third-order valence-electron chi connectivity index (χ3n) is 5.83. The van der Waals surface area contributed by atoms with Crippen LogP contribution in [-0.2, 0) is 23.2 Å². The van der Waals surface area contributed by atoms with Crippen molar-refractivity contribution in [1.82, 2.24) is 5.32 Å². The van der Waals surface area contributed by atoms with Gasteiger partial charge >= 0.3 is 0 Å². The van der Waals surface area contributed by atoms with Crippen LogP contribution in [-0.4, -0.2) is 19.0 Å². The lowest BCUT2D eigenvalue weighted by Crippen LogP contribution is -2.40. The van der Waals surface area contributed by atoms with Crippen LogP contribution in [0.3, 0.4) is 0 Å². The Balaban J connectivity index is 1.79. The number of hydrogen-bond acceptors (Lipinski definition) is 4. The summed E-state index contributed by atoms with van der Waals surface area (Å²) < 4.78 is 5.41. The van der Waals surface area contributed by atoms with E-state index in [0.717, 1.165) is 52.0 Å². The molecule has 1 spiro atoms. The third-order valence-corrected chi connectivity index (χ3v) is 5.83. The van der Waals surface area contributed by atoms with Crippen molar-refractivity contribution in [1.29, 1.82) is 0 Å². The van der Waals surface area contributed by atoms with Gasteiger partial charge in [0, 0.05) is 0 Å². The number of ether oxygens (including phenoxy) is 1. The van der Waals surface area contributed by atoms with Crippen molar-refractivity contribution in [3.63, 3.8) is 0 Å². The van der Waals surface area contributed by atoms with Gasteiger partial charge in [-0.1, -0.05) is 48.5 Å². The smallest absolute Gasteiger partial charge is 0.264 e. The maximum atomic E-state index is 13.3. The van der Waals surface area contributed by atoms with Crippen molar-refractivity contribution in [2.24, 2.45) is 10.7 Å². The predicted octanol–water partition coefficient (Wildman–Crippen LogP) is 3.15. The molecular weight excluding hydrogens is 362 g/mol. The van der Waals surface area contributed by atoms with Gasteiger partial charge in [0.1, 0.15) is 5.75 Å². The minimum atomic E-state index is -1.18. The highest BCUT2D eigenvalue weighted by Gasteiger charge is 2.50. The van der Waals surface area contributed by atoms with Crippen LogP contribution >= 0.6 is 0 Å². The third kappa shape index (κ3) is 2.62. The summed E-state index contributed by atoms with van der Waals surface area (Å²) in [5, 5.41) is 2.73. The van der Waals surface area contributed by atoms with E-state index in [1.807, 2.05) is 36.4 Å². The molecule has 1 aliphatic heterocycles. The van der Waals surface area contributed by atoms with Crippen molar-refractivity contribution >= 4 is 11.9 Å². The van der Waals surface area contributed by atoms with Crippen LogP contribution in [0.25, 0.3) is 11.1 Å². The first-order chi connectivity index (χ1) is 14.1. The first kappa shape index (κ1) is 17.5. The molecule has 144 valence electrons. The van der Waals surface area contributed by atoms with Crippen LogP contribution < -0.4 is 15.8 Å². The Bertz CT molecular complexity index is 1150. The summed E-state index contributed by atoms with van der Waals surface area (Å²) >= 11 is 0. The van der Waals surface area contributed by atoms with E-state index < -0.39 is 5.54 Å². The largest absolute Gasteiger partial charge is 0.497 e. The topological polar surface area (TPSA) is 76.7 Å². The highest BCUT2D eigenvalue weighted by molar-refractivity contribution is 6.09. The second kappa shape index (κ2) is 6.48. The summed E-state index contributed by atoms with van der Waals surface area (Å²) in [6.45, 7) is 0. The van der Waals surface area contributed by atoms with Gasteiger partial charge in [0.05, 0.1) is 7.11 Å². The zero-order chi connectivity index (χ0) is 20.0. The molecule has 2 aliphatic rings. The lowest BCUT2D eigenvalue weighted by atomic mass is 9.79. The summed E-state index contributed by atoms with van der Waals surface area (Å²) in [7, 11) is 1.65. The molecule has 1 heterocycles.